The third-order valence-electron chi connectivity index (χ3n) is 4.05. The Morgan fingerprint density at radius 1 is 1.33 bits per heavy atom. The van der Waals surface area contributed by atoms with Crippen LogP contribution < -0.4 is 11.1 Å². The van der Waals surface area contributed by atoms with Crippen LogP contribution in [0.15, 0.2) is 30.3 Å². The molecule has 3 N–H and O–H groups in total. The van der Waals surface area contributed by atoms with E-state index in [1.807, 2.05) is 30.3 Å². The number of nitrogens with two attached hydrogens (primary N) is 1. The summed E-state index contributed by atoms with van der Waals surface area (Å²) in [6.07, 6.45) is 6.96. The van der Waals surface area contributed by atoms with Crippen molar-refractivity contribution in [3.8, 4) is 0 Å². The number of hydrogen-bond acceptors (Lipinski definition) is 3. The van der Waals surface area contributed by atoms with Crippen molar-refractivity contribution in [2.45, 2.75) is 19.3 Å². The Hall–Kier alpha value is -1.81. The summed E-state index contributed by atoms with van der Waals surface area (Å²) in [6, 6.07) is 7.46. The van der Waals surface area contributed by atoms with Gasteiger partial charge >= 0.3 is 0 Å². The predicted molar refractivity (Wildman–Crippen MR) is 87.7 cm³/mol. The Balaban J connectivity index is 1.66. The van der Waals surface area contributed by atoms with E-state index in [1.54, 1.807) is 6.08 Å². The SMILES string of the molecule is CN1CCC(CCNC(=O)/C=C/c2ccc(N)cc2)CC1. The molecule has 1 amide bonds. The standard InChI is InChI=1S/C17H25N3O/c1-20-12-9-15(10-13-20)8-11-19-17(21)7-4-14-2-5-16(18)6-3-14/h2-7,15H,8-13,18H2,1H3,(H,19,21)/b7-4+. The number of carbonyl (C=O) groups excluding carboxylic acids is 1. The molecule has 2 rings (SSSR count). The molecule has 0 unspecified atom stereocenters. The number of benzene rings is 1. The van der Waals surface area contributed by atoms with Gasteiger partial charge in [0, 0.05) is 18.3 Å². The van der Waals surface area contributed by atoms with Crippen LogP contribution in [0, 0.1) is 5.92 Å². The van der Waals surface area contributed by atoms with Gasteiger partial charge in [-0.15, -0.1) is 0 Å². The normalized spacial score (nSPS) is 17.2. The van der Waals surface area contributed by atoms with Crippen LogP contribution in [0.25, 0.3) is 6.08 Å². The molecule has 1 heterocycles. The van der Waals surface area contributed by atoms with Crippen molar-refractivity contribution in [3.63, 3.8) is 0 Å². The zero-order valence-corrected chi connectivity index (χ0v) is 12.7. The van der Waals surface area contributed by atoms with E-state index in [-0.39, 0.29) is 5.91 Å². The van der Waals surface area contributed by atoms with Gasteiger partial charge in [0.15, 0.2) is 0 Å². The molecule has 1 aromatic carbocycles. The highest BCUT2D eigenvalue weighted by Gasteiger charge is 2.15. The van der Waals surface area contributed by atoms with Gasteiger partial charge in [0.1, 0.15) is 0 Å². The second-order valence-corrected chi connectivity index (χ2v) is 5.83. The predicted octanol–water partition coefficient (Wildman–Crippen LogP) is 2.13. The maximum Gasteiger partial charge on any atom is 0.243 e. The topological polar surface area (TPSA) is 58.4 Å². The molecule has 4 heteroatoms. The van der Waals surface area contributed by atoms with Gasteiger partial charge in [-0.25, -0.2) is 0 Å². The molecule has 0 saturated carbocycles. The molecular weight excluding hydrogens is 262 g/mol. The summed E-state index contributed by atoms with van der Waals surface area (Å²) in [5.74, 6) is 0.724. The Bertz CT molecular complexity index is 473. The Kier molecular flexibility index (Phi) is 5.81. The Labute approximate surface area is 127 Å². The maximum absolute atomic E-state index is 11.7. The first-order valence-corrected chi connectivity index (χ1v) is 7.63. The number of likely N-dealkylation sites (tertiary alicyclic amines) is 1. The van der Waals surface area contributed by atoms with Crippen LogP contribution in [0.5, 0.6) is 0 Å². The van der Waals surface area contributed by atoms with E-state index in [0.717, 1.165) is 30.1 Å². The lowest BCUT2D eigenvalue weighted by Crippen LogP contribution is -2.32. The fraction of sp³-hybridized carbons (Fsp3) is 0.471. The second kappa shape index (κ2) is 7.84. The second-order valence-electron chi connectivity index (χ2n) is 5.83. The van der Waals surface area contributed by atoms with Crippen molar-refractivity contribution in [2.75, 3.05) is 32.4 Å². The minimum atomic E-state index is -0.0280. The van der Waals surface area contributed by atoms with Crippen LogP contribution in [-0.2, 0) is 4.79 Å². The molecule has 1 saturated heterocycles. The number of nitrogens with zero attached hydrogens (tertiary/aromatic N) is 1. The molecule has 1 aliphatic heterocycles. The van der Waals surface area contributed by atoms with Crippen molar-refractivity contribution >= 4 is 17.7 Å². The first-order valence-electron chi connectivity index (χ1n) is 7.63. The van der Waals surface area contributed by atoms with Crippen LogP contribution in [0.3, 0.4) is 0 Å². The van der Waals surface area contributed by atoms with Gasteiger partial charge in [0.05, 0.1) is 0 Å². The molecule has 0 spiro atoms. The molecule has 0 aromatic heterocycles. The molecule has 0 aliphatic carbocycles. The summed E-state index contributed by atoms with van der Waals surface area (Å²) >= 11 is 0. The Morgan fingerprint density at radius 3 is 2.67 bits per heavy atom. The third-order valence-corrected chi connectivity index (χ3v) is 4.05. The molecule has 21 heavy (non-hydrogen) atoms. The summed E-state index contributed by atoms with van der Waals surface area (Å²) in [4.78, 5) is 14.1. The summed E-state index contributed by atoms with van der Waals surface area (Å²) in [6.45, 7) is 3.12. The smallest absolute Gasteiger partial charge is 0.243 e. The van der Waals surface area contributed by atoms with Crippen LogP contribution >= 0.6 is 0 Å². The van der Waals surface area contributed by atoms with Gasteiger partial charge in [-0.1, -0.05) is 12.1 Å². The molecule has 0 bridgehead atoms. The number of nitrogens with one attached hydrogen (secondary N) is 1. The number of hydrogen-bond donors (Lipinski definition) is 2. The van der Waals surface area contributed by atoms with E-state index >= 15 is 0 Å². The number of anilines is 1. The number of carbonyl (C=O) groups is 1. The Morgan fingerprint density at radius 2 is 2.00 bits per heavy atom. The van der Waals surface area contributed by atoms with Gasteiger partial charge < -0.3 is 16.0 Å². The van der Waals surface area contributed by atoms with Crippen molar-refractivity contribution in [3.05, 3.63) is 35.9 Å². The summed E-state index contributed by atoms with van der Waals surface area (Å²) in [5, 5.41) is 2.96. The number of nitrogen functional groups attached to an aromatic ring is 1. The fourth-order valence-corrected chi connectivity index (χ4v) is 2.59. The number of piperidine rings is 1. The molecule has 114 valence electrons. The van der Waals surface area contributed by atoms with E-state index in [1.165, 1.54) is 25.9 Å². The molecule has 0 atom stereocenters. The number of rotatable bonds is 5. The first kappa shape index (κ1) is 15.6. The van der Waals surface area contributed by atoms with Crippen molar-refractivity contribution in [1.82, 2.24) is 10.2 Å². The van der Waals surface area contributed by atoms with Gasteiger partial charge in [-0.2, -0.15) is 0 Å². The van der Waals surface area contributed by atoms with E-state index < -0.39 is 0 Å². The summed E-state index contributed by atoms with van der Waals surface area (Å²) < 4.78 is 0. The quantitative estimate of drug-likeness (QED) is 0.644. The van der Waals surface area contributed by atoms with Crippen LogP contribution in [0.4, 0.5) is 5.69 Å². The average Bonchev–Trinajstić information content (AvgIpc) is 2.49. The van der Waals surface area contributed by atoms with E-state index in [9.17, 15) is 4.79 Å². The van der Waals surface area contributed by atoms with Crippen LogP contribution in [-0.4, -0.2) is 37.5 Å². The molecule has 1 fully saturated rings. The molecule has 1 aromatic rings. The highest BCUT2D eigenvalue weighted by atomic mass is 16.1. The van der Waals surface area contributed by atoms with E-state index in [2.05, 4.69) is 17.3 Å². The van der Waals surface area contributed by atoms with Gasteiger partial charge in [0.2, 0.25) is 5.91 Å². The molecule has 0 radical (unpaired) electrons. The van der Waals surface area contributed by atoms with Crippen LogP contribution in [0.1, 0.15) is 24.8 Å². The molecule has 1 aliphatic rings. The minimum Gasteiger partial charge on any atom is -0.399 e. The molecule has 4 nitrogen and oxygen atoms in total. The summed E-state index contributed by atoms with van der Waals surface area (Å²) in [5.41, 5.74) is 7.33. The largest absolute Gasteiger partial charge is 0.399 e. The zero-order valence-electron chi connectivity index (χ0n) is 12.7. The van der Waals surface area contributed by atoms with Crippen molar-refractivity contribution in [1.29, 1.82) is 0 Å². The zero-order chi connectivity index (χ0) is 15.1. The molecular formula is C17H25N3O. The third kappa shape index (κ3) is 5.60. The first-order chi connectivity index (χ1) is 10.1. The lowest BCUT2D eigenvalue weighted by molar-refractivity contribution is -0.116. The lowest BCUT2D eigenvalue weighted by atomic mass is 9.94. The number of amides is 1. The van der Waals surface area contributed by atoms with Gasteiger partial charge in [-0.3, -0.25) is 4.79 Å². The van der Waals surface area contributed by atoms with Crippen molar-refractivity contribution in [2.24, 2.45) is 5.92 Å². The lowest BCUT2D eigenvalue weighted by Gasteiger charge is -2.28. The highest BCUT2D eigenvalue weighted by molar-refractivity contribution is 5.91. The summed E-state index contributed by atoms with van der Waals surface area (Å²) in [7, 11) is 2.17. The average molecular weight is 287 g/mol. The van der Waals surface area contributed by atoms with Crippen molar-refractivity contribution < 1.29 is 4.79 Å². The monoisotopic (exact) mass is 287 g/mol. The maximum atomic E-state index is 11.7. The minimum absolute atomic E-state index is 0.0280. The highest BCUT2D eigenvalue weighted by Crippen LogP contribution is 2.18. The van der Waals surface area contributed by atoms with Gasteiger partial charge in [-0.05, 0) is 69.1 Å². The van der Waals surface area contributed by atoms with Crippen LogP contribution in [0.2, 0.25) is 0 Å². The van der Waals surface area contributed by atoms with E-state index in [0.29, 0.717) is 0 Å². The fourth-order valence-electron chi connectivity index (χ4n) is 2.59. The van der Waals surface area contributed by atoms with Gasteiger partial charge in [0.25, 0.3) is 0 Å². The van der Waals surface area contributed by atoms with E-state index in [4.69, 9.17) is 5.73 Å².